The lowest BCUT2D eigenvalue weighted by atomic mass is 10.1. The number of fused-ring (bicyclic) bond motifs is 1. The molecule has 1 saturated carbocycles. The Hall–Kier alpha value is -2.21. The Morgan fingerprint density at radius 2 is 2.19 bits per heavy atom. The first-order chi connectivity index (χ1) is 12.7. The third-order valence-corrected chi connectivity index (χ3v) is 5.26. The van der Waals surface area contributed by atoms with Crippen LogP contribution in [-0.4, -0.2) is 38.7 Å². The van der Waals surface area contributed by atoms with Crippen LogP contribution in [-0.2, 0) is 17.9 Å². The van der Waals surface area contributed by atoms with Gasteiger partial charge in [-0.25, -0.2) is 0 Å². The van der Waals surface area contributed by atoms with Gasteiger partial charge in [-0.15, -0.1) is 0 Å². The highest BCUT2D eigenvalue weighted by molar-refractivity contribution is 5.76. The molecule has 6 nitrogen and oxygen atoms in total. The van der Waals surface area contributed by atoms with Crippen LogP contribution in [0, 0.1) is 12.8 Å². The zero-order valence-corrected chi connectivity index (χ0v) is 15.4. The molecular weight excluding hydrogens is 326 g/mol. The van der Waals surface area contributed by atoms with Gasteiger partial charge in [0.1, 0.15) is 0 Å². The zero-order chi connectivity index (χ0) is 17.9. The summed E-state index contributed by atoms with van der Waals surface area (Å²) in [5.41, 5.74) is 3.40. The molecule has 2 aliphatic rings. The molecule has 1 fully saturated rings. The molecule has 2 aromatic heterocycles. The first kappa shape index (κ1) is 17.2. The molecule has 1 N–H and O–H groups in total. The van der Waals surface area contributed by atoms with Crippen LogP contribution in [0.2, 0.25) is 0 Å². The van der Waals surface area contributed by atoms with E-state index in [0.717, 1.165) is 37.4 Å². The molecule has 3 heterocycles. The van der Waals surface area contributed by atoms with Crippen molar-refractivity contribution in [3.05, 3.63) is 47.5 Å². The van der Waals surface area contributed by atoms with Gasteiger partial charge in [-0.2, -0.15) is 5.10 Å². The van der Waals surface area contributed by atoms with Gasteiger partial charge in [0.2, 0.25) is 5.91 Å². The summed E-state index contributed by atoms with van der Waals surface area (Å²) < 4.78 is 2.13. The number of pyridine rings is 1. The van der Waals surface area contributed by atoms with Crippen LogP contribution in [0.3, 0.4) is 0 Å². The predicted molar refractivity (Wildman–Crippen MR) is 99.3 cm³/mol. The van der Waals surface area contributed by atoms with E-state index < -0.39 is 0 Å². The van der Waals surface area contributed by atoms with E-state index >= 15 is 0 Å². The van der Waals surface area contributed by atoms with Gasteiger partial charge in [-0.1, -0.05) is 6.07 Å². The Kier molecular flexibility index (Phi) is 5.02. The van der Waals surface area contributed by atoms with Crippen molar-refractivity contribution in [3.63, 3.8) is 0 Å². The molecule has 1 aliphatic heterocycles. The van der Waals surface area contributed by atoms with Crippen LogP contribution < -0.4 is 5.32 Å². The molecule has 2 aromatic rings. The van der Waals surface area contributed by atoms with Gasteiger partial charge in [0, 0.05) is 44.5 Å². The third-order valence-electron chi connectivity index (χ3n) is 5.26. The number of carbonyl (C=O) groups is 1. The van der Waals surface area contributed by atoms with E-state index in [2.05, 4.69) is 43.2 Å². The summed E-state index contributed by atoms with van der Waals surface area (Å²) in [6.45, 7) is 5.41. The van der Waals surface area contributed by atoms with Crippen LogP contribution in [0.4, 0.5) is 0 Å². The van der Waals surface area contributed by atoms with Crippen molar-refractivity contribution in [3.8, 4) is 0 Å². The fourth-order valence-corrected chi connectivity index (χ4v) is 3.75. The van der Waals surface area contributed by atoms with Gasteiger partial charge in [0.25, 0.3) is 0 Å². The van der Waals surface area contributed by atoms with Gasteiger partial charge in [-0.05, 0) is 50.3 Å². The maximum atomic E-state index is 11.9. The fraction of sp³-hybridized carbons (Fsp3) is 0.550. The highest BCUT2D eigenvalue weighted by Gasteiger charge is 2.27. The molecule has 1 aliphatic carbocycles. The standard InChI is InChI=1S/C20H27N5O/c1-15-3-2-4-17(23-15)12-24-13-18(25-19(14-24)8-10-22-25)7-9-21-20(26)11-16-5-6-16/h2-4,8,10,16,18H,5-7,9,11-14H2,1H3,(H,21,26)/t18-/m1/s1. The average Bonchev–Trinajstić information content (AvgIpc) is 3.28. The van der Waals surface area contributed by atoms with E-state index in [1.807, 2.05) is 19.2 Å². The molecule has 0 aromatic carbocycles. The monoisotopic (exact) mass is 353 g/mol. The maximum absolute atomic E-state index is 11.9. The van der Waals surface area contributed by atoms with Gasteiger partial charge < -0.3 is 5.32 Å². The number of hydrogen-bond donors (Lipinski definition) is 1. The molecule has 4 rings (SSSR count). The van der Waals surface area contributed by atoms with Crippen molar-refractivity contribution in [1.82, 2.24) is 25.0 Å². The summed E-state index contributed by atoms with van der Waals surface area (Å²) in [5.74, 6) is 0.838. The number of aryl methyl sites for hydroxylation is 1. The second-order valence-electron chi connectivity index (χ2n) is 7.65. The summed E-state index contributed by atoms with van der Waals surface area (Å²) in [7, 11) is 0. The Morgan fingerprint density at radius 1 is 1.31 bits per heavy atom. The normalized spacial score (nSPS) is 20.0. The van der Waals surface area contributed by atoms with Crippen molar-refractivity contribution in [2.75, 3.05) is 13.1 Å². The lowest BCUT2D eigenvalue weighted by molar-refractivity contribution is -0.121. The van der Waals surface area contributed by atoms with Gasteiger partial charge in [0.05, 0.1) is 17.4 Å². The average molecular weight is 353 g/mol. The molecular formula is C20H27N5O. The van der Waals surface area contributed by atoms with E-state index in [9.17, 15) is 4.79 Å². The van der Waals surface area contributed by atoms with E-state index in [-0.39, 0.29) is 5.91 Å². The van der Waals surface area contributed by atoms with E-state index in [4.69, 9.17) is 0 Å². The lowest BCUT2D eigenvalue weighted by Crippen LogP contribution is -2.39. The lowest BCUT2D eigenvalue weighted by Gasteiger charge is -2.33. The number of amides is 1. The SMILES string of the molecule is Cc1cccc(CN2Cc3ccnn3[C@H](CCNC(=O)CC3CC3)C2)n1. The molecule has 0 bridgehead atoms. The predicted octanol–water partition coefficient (Wildman–Crippen LogP) is 2.45. The minimum Gasteiger partial charge on any atom is -0.356 e. The molecule has 0 saturated heterocycles. The highest BCUT2D eigenvalue weighted by Crippen LogP contribution is 2.32. The van der Waals surface area contributed by atoms with Crippen molar-refractivity contribution in [2.24, 2.45) is 5.92 Å². The van der Waals surface area contributed by atoms with Crippen molar-refractivity contribution in [1.29, 1.82) is 0 Å². The smallest absolute Gasteiger partial charge is 0.220 e. The van der Waals surface area contributed by atoms with Crippen LogP contribution in [0.25, 0.3) is 0 Å². The molecule has 6 heteroatoms. The van der Waals surface area contributed by atoms with Crippen molar-refractivity contribution in [2.45, 2.75) is 51.7 Å². The minimum absolute atomic E-state index is 0.199. The first-order valence-corrected chi connectivity index (χ1v) is 9.61. The highest BCUT2D eigenvalue weighted by atomic mass is 16.1. The third kappa shape index (κ3) is 4.30. The number of carbonyl (C=O) groups excluding carboxylic acids is 1. The summed E-state index contributed by atoms with van der Waals surface area (Å²) in [5, 5.41) is 7.60. The van der Waals surface area contributed by atoms with Crippen LogP contribution in [0.15, 0.2) is 30.5 Å². The Balaban J connectivity index is 1.35. The molecule has 26 heavy (non-hydrogen) atoms. The summed E-state index contributed by atoms with van der Waals surface area (Å²) >= 11 is 0. The van der Waals surface area contributed by atoms with Crippen molar-refractivity contribution < 1.29 is 4.79 Å². The second kappa shape index (κ2) is 7.58. The largest absolute Gasteiger partial charge is 0.356 e. The van der Waals surface area contributed by atoms with Crippen LogP contribution >= 0.6 is 0 Å². The Morgan fingerprint density at radius 3 is 3.00 bits per heavy atom. The van der Waals surface area contributed by atoms with Gasteiger partial charge in [0.15, 0.2) is 0 Å². The quantitative estimate of drug-likeness (QED) is 0.830. The van der Waals surface area contributed by atoms with E-state index in [0.29, 0.717) is 24.9 Å². The Labute approximate surface area is 154 Å². The maximum Gasteiger partial charge on any atom is 0.220 e. The van der Waals surface area contributed by atoms with E-state index in [1.54, 1.807) is 0 Å². The molecule has 1 amide bonds. The first-order valence-electron chi connectivity index (χ1n) is 9.61. The Bertz CT molecular complexity index is 767. The minimum atomic E-state index is 0.199. The summed E-state index contributed by atoms with van der Waals surface area (Å²) in [6.07, 6.45) is 5.91. The van der Waals surface area contributed by atoms with Gasteiger partial charge >= 0.3 is 0 Å². The molecule has 138 valence electrons. The topological polar surface area (TPSA) is 63.1 Å². The fourth-order valence-electron chi connectivity index (χ4n) is 3.75. The molecule has 0 radical (unpaired) electrons. The van der Waals surface area contributed by atoms with Crippen molar-refractivity contribution >= 4 is 5.91 Å². The number of hydrogen-bond acceptors (Lipinski definition) is 4. The van der Waals surface area contributed by atoms with Crippen LogP contribution in [0.5, 0.6) is 0 Å². The number of rotatable bonds is 7. The summed E-state index contributed by atoms with van der Waals surface area (Å²) in [6, 6.07) is 8.57. The summed E-state index contributed by atoms with van der Waals surface area (Å²) in [4.78, 5) is 19.0. The number of nitrogens with one attached hydrogen (secondary N) is 1. The zero-order valence-electron chi connectivity index (χ0n) is 15.4. The molecule has 1 atom stereocenters. The molecule has 0 spiro atoms. The van der Waals surface area contributed by atoms with Gasteiger partial charge in [-0.3, -0.25) is 19.4 Å². The number of nitrogens with zero attached hydrogens (tertiary/aromatic N) is 4. The van der Waals surface area contributed by atoms with E-state index in [1.165, 1.54) is 18.5 Å². The van der Waals surface area contributed by atoms with Crippen LogP contribution in [0.1, 0.15) is 48.8 Å². The number of aromatic nitrogens is 3. The molecule has 0 unspecified atom stereocenters. The second-order valence-corrected chi connectivity index (χ2v) is 7.65.